The van der Waals surface area contributed by atoms with Gasteiger partial charge in [-0.25, -0.2) is 18.1 Å². The molecule has 8 heteroatoms. The minimum absolute atomic E-state index is 0.0182. The van der Waals surface area contributed by atoms with Gasteiger partial charge >= 0.3 is 5.69 Å². The zero-order chi connectivity index (χ0) is 22.7. The van der Waals surface area contributed by atoms with Gasteiger partial charge < -0.3 is 9.88 Å². The summed E-state index contributed by atoms with van der Waals surface area (Å²) in [4.78, 5) is 44.0. The van der Waals surface area contributed by atoms with Gasteiger partial charge in [0.15, 0.2) is 11.6 Å². The largest absolute Gasteiger partial charge is 0.333 e. The van der Waals surface area contributed by atoms with Gasteiger partial charge in [-0.05, 0) is 42.0 Å². The van der Waals surface area contributed by atoms with Crippen LogP contribution in [-0.2, 0) is 4.79 Å². The molecule has 1 fully saturated rings. The molecule has 32 heavy (non-hydrogen) atoms. The predicted octanol–water partition coefficient (Wildman–Crippen LogP) is 3.63. The number of nitrogens with zero attached hydrogens (tertiary/aromatic N) is 2. The van der Waals surface area contributed by atoms with Crippen molar-refractivity contribution in [1.82, 2.24) is 14.5 Å². The summed E-state index contributed by atoms with van der Waals surface area (Å²) in [6.45, 7) is 4.27. The summed E-state index contributed by atoms with van der Waals surface area (Å²) >= 11 is 0. The van der Waals surface area contributed by atoms with Gasteiger partial charge in [-0.15, -0.1) is 0 Å². The van der Waals surface area contributed by atoms with Crippen LogP contribution in [0.25, 0.3) is 10.9 Å². The predicted molar refractivity (Wildman–Crippen MR) is 115 cm³/mol. The lowest BCUT2D eigenvalue weighted by Crippen LogP contribution is -2.47. The van der Waals surface area contributed by atoms with Crippen molar-refractivity contribution in [1.29, 1.82) is 0 Å². The molecule has 1 amide bonds. The zero-order valence-corrected chi connectivity index (χ0v) is 17.8. The number of aromatic nitrogens is 2. The number of carbonyl (C=O) groups excluding carboxylic acids is 1. The van der Waals surface area contributed by atoms with Crippen molar-refractivity contribution < 1.29 is 13.6 Å². The van der Waals surface area contributed by atoms with E-state index in [-0.39, 0.29) is 35.7 Å². The highest BCUT2D eigenvalue weighted by molar-refractivity contribution is 5.83. The lowest BCUT2D eigenvalue weighted by molar-refractivity contribution is -0.136. The molecule has 166 valence electrons. The third kappa shape index (κ3) is 3.00. The Balaban J connectivity index is 1.62. The van der Waals surface area contributed by atoms with Crippen molar-refractivity contribution >= 4 is 16.8 Å². The SMILES string of the molecule is CC(C)C[C@@H](C(=O)N1C[C@H]2C[C@@H]1c1ccccc12)n1c(=O)[nH]c2ccc(F)c(F)c2c1=O. The zero-order valence-electron chi connectivity index (χ0n) is 17.8. The highest BCUT2D eigenvalue weighted by Gasteiger charge is 2.46. The van der Waals surface area contributed by atoms with E-state index >= 15 is 0 Å². The quantitative estimate of drug-likeness (QED) is 0.675. The van der Waals surface area contributed by atoms with Gasteiger partial charge in [-0.2, -0.15) is 0 Å². The number of amides is 1. The van der Waals surface area contributed by atoms with E-state index in [0.29, 0.717) is 6.54 Å². The lowest BCUT2D eigenvalue weighted by atomic mass is 9.97. The molecule has 1 aromatic heterocycles. The Hall–Kier alpha value is -3.29. The van der Waals surface area contributed by atoms with Crippen LogP contribution in [-0.4, -0.2) is 26.9 Å². The summed E-state index contributed by atoms with van der Waals surface area (Å²) in [5.41, 5.74) is 0.426. The smallest absolute Gasteiger partial charge is 0.329 e. The van der Waals surface area contributed by atoms with E-state index in [1.807, 2.05) is 32.0 Å². The van der Waals surface area contributed by atoms with Crippen molar-refractivity contribution in [3.05, 3.63) is 80.0 Å². The maximum Gasteiger partial charge on any atom is 0.329 e. The number of H-pyrrole nitrogens is 1. The number of nitrogens with one attached hydrogen (secondary N) is 1. The van der Waals surface area contributed by atoms with E-state index in [0.717, 1.165) is 28.7 Å². The molecule has 2 aromatic carbocycles. The van der Waals surface area contributed by atoms with E-state index in [4.69, 9.17) is 0 Å². The Morgan fingerprint density at radius 3 is 2.56 bits per heavy atom. The molecule has 1 saturated heterocycles. The van der Waals surface area contributed by atoms with E-state index in [2.05, 4.69) is 11.1 Å². The van der Waals surface area contributed by atoms with Gasteiger partial charge in [-0.3, -0.25) is 9.59 Å². The molecule has 3 aromatic rings. The molecule has 2 aliphatic rings. The Morgan fingerprint density at radius 2 is 1.84 bits per heavy atom. The van der Waals surface area contributed by atoms with Crippen molar-refractivity contribution in [2.24, 2.45) is 5.92 Å². The van der Waals surface area contributed by atoms with Crippen LogP contribution < -0.4 is 11.2 Å². The molecule has 3 atom stereocenters. The number of hydrogen-bond donors (Lipinski definition) is 1. The number of hydrogen-bond acceptors (Lipinski definition) is 3. The van der Waals surface area contributed by atoms with E-state index in [9.17, 15) is 23.2 Å². The summed E-state index contributed by atoms with van der Waals surface area (Å²) in [5.74, 6) is -2.66. The van der Waals surface area contributed by atoms with Crippen LogP contribution in [0.15, 0.2) is 46.0 Å². The molecule has 0 radical (unpaired) electrons. The molecule has 0 unspecified atom stereocenters. The number of carbonyl (C=O) groups is 1. The summed E-state index contributed by atoms with van der Waals surface area (Å²) < 4.78 is 29.1. The highest BCUT2D eigenvalue weighted by Crippen LogP contribution is 2.50. The molecular weight excluding hydrogens is 416 g/mol. The second-order valence-electron chi connectivity index (χ2n) is 9.10. The first-order chi connectivity index (χ1) is 15.3. The van der Waals surface area contributed by atoms with Crippen LogP contribution in [0.2, 0.25) is 0 Å². The van der Waals surface area contributed by atoms with Crippen molar-refractivity contribution in [3.8, 4) is 0 Å². The second kappa shape index (κ2) is 7.39. The van der Waals surface area contributed by atoms with Crippen LogP contribution in [0, 0.1) is 17.6 Å². The fourth-order valence-corrected chi connectivity index (χ4v) is 5.28. The van der Waals surface area contributed by atoms with Gasteiger partial charge in [0.05, 0.1) is 11.6 Å². The Kier molecular flexibility index (Phi) is 4.76. The minimum Gasteiger partial charge on any atom is -0.333 e. The monoisotopic (exact) mass is 439 g/mol. The van der Waals surface area contributed by atoms with Crippen LogP contribution >= 0.6 is 0 Å². The number of likely N-dealkylation sites (tertiary alicyclic amines) is 1. The van der Waals surface area contributed by atoms with Gasteiger partial charge in [0.1, 0.15) is 11.4 Å². The average molecular weight is 439 g/mol. The molecule has 1 aliphatic heterocycles. The van der Waals surface area contributed by atoms with E-state index < -0.39 is 34.3 Å². The molecule has 1 aliphatic carbocycles. The van der Waals surface area contributed by atoms with Gasteiger partial charge in [0, 0.05) is 12.5 Å². The van der Waals surface area contributed by atoms with Crippen LogP contribution in [0.5, 0.6) is 0 Å². The number of aromatic amines is 1. The molecular formula is C24H23F2N3O3. The lowest BCUT2D eigenvalue weighted by Gasteiger charge is -2.33. The van der Waals surface area contributed by atoms with Gasteiger partial charge in [0.2, 0.25) is 5.91 Å². The molecule has 0 spiro atoms. The molecule has 5 rings (SSSR count). The highest BCUT2D eigenvalue weighted by atomic mass is 19.2. The van der Waals surface area contributed by atoms with E-state index in [1.165, 1.54) is 5.56 Å². The van der Waals surface area contributed by atoms with Crippen molar-refractivity contribution in [2.45, 2.75) is 44.7 Å². The number of rotatable bonds is 4. The van der Waals surface area contributed by atoms with Crippen LogP contribution in [0.3, 0.4) is 0 Å². The fraction of sp³-hybridized carbons (Fsp3) is 0.375. The standard InChI is InChI=1S/C24H23F2N3O3/c1-12(2)9-19(22(30)28-11-13-10-18(28)15-6-4-3-5-14(13)15)29-23(31)20-17(27-24(29)32)8-7-16(25)21(20)26/h3-8,12-13,18-19H,9-11H2,1-2H3,(H,27,32)/t13-,18-,19+/m1/s1. The maximum atomic E-state index is 14.5. The van der Waals surface area contributed by atoms with Crippen LogP contribution in [0.1, 0.15) is 55.8 Å². The Labute approximate surface area is 182 Å². The number of benzene rings is 2. The third-order valence-corrected chi connectivity index (χ3v) is 6.66. The topological polar surface area (TPSA) is 75.2 Å². The Morgan fingerprint density at radius 1 is 1.12 bits per heavy atom. The molecule has 2 heterocycles. The summed E-state index contributed by atoms with van der Waals surface area (Å²) in [6.07, 6.45) is 1.03. The maximum absolute atomic E-state index is 14.5. The molecule has 6 nitrogen and oxygen atoms in total. The minimum atomic E-state index is -1.33. The third-order valence-electron chi connectivity index (χ3n) is 6.66. The Bertz CT molecular complexity index is 1360. The van der Waals surface area contributed by atoms with Gasteiger partial charge in [0.25, 0.3) is 5.56 Å². The van der Waals surface area contributed by atoms with Crippen molar-refractivity contribution in [2.75, 3.05) is 6.54 Å². The van der Waals surface area contributed by atoms with Gasteiger partial charge in [-0.1, -0.05) is 38.1 Å². The average Bonchev–Trinajstić information content (AvgIpc) is 3.35. The normalized spacial score (nSPS) is 20.2. The molecule has 0 saturated carbocycles. The number of fused-ring (bicyclic) bond motifs is 6. The summed E-state index contributed by atoms with van der Waals surface area (Å²) in [6, 6.07) is 8.78. The molecule has 1 N–H and O–H groups in total. The molecule has 2 bridgehead atoms. The number of halogens is 2. The first-order valence-corrected chi connectivity index (χ1v) is 10.8. The van der Waals surface area contributed by atoms with E-state index in [1.54, 1.807) is 4.90 Å². The first-order valence-electron chi connectivity index (χ1n) is 10.8. The summed E-state index contributed by atoms with van der Waals surface area (Å²) in [5, 5.41) is -0.556. The van der Waals surface area contributed by atoms with Crippen molar-refractivity contribution in [3.63, 3.8) is 0 Å². The fourth-order valence-electron chi connectivity index (χ4n) is 5.28. The first kappa shape index (κ1) is 20.6. The second-order valence-corrected chi connectivity index (χ2v) is 9.10. The summed E-state index contributed by atoms with van der Waals surface area (Å²) in [7, 11) is 0. The van der Waals surface area contributed by atoms with Crippen LogP contribution in [0.4, 0.5) is 8.78 Å².